The van der Waals surface area contributed by atoms with Crippen LogP contribution in [0.3, 0.4) is 0 Å². The van der Waals surface area contributed by atoms with Crippen molar-refractivity contribution in [3.8, 4) is 11.1 Å². The lowest BCUT2D eigenvalue weighted by atomic mass is 9.93. The third-order valence-electron chi connectivity index (χ3n) is 5.54. The maximum Gasteiger partial charge on any atom is 0.0361 e. The van der Waals surface area contributed by atoms with Gasteiger partial charge in [-0.15, -0.1) is 11.3 Å². The van der Waals surface area contributed by atoms with Crippen LogP contribution in [0.5, 0.6) is 0 Å². The minimum atomic E-state index is 1.17. The van der Waals surface area contributed by atoms with Gasteiger partial charge in [-0.2, -0.15) is 0 Å². The summed E-state index contributed by atoms with van der Waals surface area (Å²) in [7, 11) is 0. The largest absolute Gasteiger partial charge is 0.135 e. The number of rotatable bonds is 1. The zero-order valence-corrected chi connectivity index (χ0v) is 17.3. The Morgan fingerprint density at radius 3 is 1.86 bits per heavy atom. The summed E-state index contributed by atoms with van der Waals surface area (Å²) in [6, 6.07) is 32.9. The molecule has 0 bridgehead atoms. The van der Waals surface area contributed by atoms with Crippen molar-refractivity contribution in [2.45, 2.75) is 0 Å². The van der Waals surface area contributed by atoms with Gasteiger partial charge in [-0.25, -0.2) is 0 Å². The first-order valence-electron chi connectivity index (χ1n) is 9.32. The lowest BCUT2D eigenvalue weighted by Crippen LogP contribution is -1.87. The van der Waals surface area contributed by atoms with Crippen molar-refractivity contribution < 1.29 is 0 Å². The Balaban J connectivity index is 1.74. The fourth-order valence-electron chi connectivity index (χ4n) is 4.26. The molecule has 6 rings (SSSR count). The molecule has 0 atom stereocenters. The van der Waals surface area contributed by atoms with E-state index in [1.807, 2.05) is 11.3 Å². The normalized spacial score (nSPS) is 11.8. The molecule has 2 heteroatoms. The smallest absolute Gasteiger partial charge is 0.0361 e. The van der Waals surface area contributed by atoms with Gasteiger partial charge in [-0.05, 0) is 55.2 Å². The van der Waals surface area contributed by atoms with Crippen molar-refractivity contribution in [1.29, 1.82) is 0 Å². The average Bonchev–Trinajstić information content (AvgIpc) is 3.12. The summed E-state index contributed by atoms with van der Waals surface area (Å²) in [6.07, 6.45) is 0. The molecule has 0 saturated carbocycles. The Morgan fingerprint density at radius 2 is 1.07 bits per heavy atom. The minimum absolute atomic E-state index is 1.17. The molecule has 0 aliphatic rings. The van der Waals surface area contributed by atoms with Gasteiger partial charge < -0.3 is 0 Å². The molecule has 0 aliphatic carbocycles. The number of thiophene rings is 1. The van der Waals surface area contributed by atoms with E-state index in [2.05, 4.69) is 107 Å². The fourth-order valence-corrected chi connectivity index (χ4v) is 6.20. The van der Waals surface area contributed by atoms with Crippen LogP contribution in [0.4, 0.5) is 0 Å². The quantitative estimate of drug-likeness (QED) is 0.225. The van der Waals surface area contributed by atoms with Gasteiger partial charge in [0.15, 0.2) is 0 Å². The van der Waals surface area contributed by atoms with E-state index in [1.165, 1.54) is 57.3 Å². The third-order valence-corrected chi connectivity index (χ3v) is 7.49. The van der Waals surface area contributed by atoms with Crippen LogP contribution in [0.1, 0.15) is 0 Å². The van der Waals surface area contributed by atoms with Crippen LogP contribution in [0.15, 0.2) is 95.5 Å². The average molecular weight is 439 g/mol. The van der Waals surface area contributed by atoms with Crippen LogP contribution in [-0.4, -0.2) is 0 Å². The number of hydrogen-bond donors (Lipinski definition) is 0. The second-order valence-electron chi connectivity index (χ2n) is 7.09. The molecule has 0 nitrogen and oxygen atoms in total. The van der Waals surface area contributed by atoms with Crippen LogP contribution >= 0.6 is 27.3 Å². The molecule has 0 amide bonds. The van der Waals surface area contributed by atoms with Gasteiger partial charge in [0.05, 0.1) is 0 Å². The summed E-state index contributed by atoms with van der Waals surface area (Å²) in [6.45, 7) is 0. The second kappa shape index (κ2) is 6.16. The summed E-state index contributed by atoms with van der Waals surface area (Å²) in [5, 5.41) is 7.81. The predicted octanol–water partition coefficient (Wildman–Crippen LogP) is 8.79. The van der Waals surface area contributed by atoms with Crippen LogP contribution in [0.25, 0.3) is 52.8 Å². The first-order valence-corrected chi connectivity index (χ1v) is 10.9. The van der Waals surface area contributed by atoms with Crippen molar-refractivity contribution >= 4 is 69.0 Å². The SMILES string of the molecule is Brc1c(-c2ccc3c(c2)sc2ccccc23)c2ccccc2c2ccccc12. The van der Waals surface area contributed by atoms with Crippen LogP contribution in [0.2, 0.25) is 0 Å². The molecule has 6 aromatic rings. The second-order valence-corrected chi connectivity index (χ2v) is 8.97. The summed E-state index contributed by atoms with van der Waals surface area (Å²) in [5.74, 6) is 0. The van der Waals surface area contributed by atoms with Gasteiger partial charge in [0.1, 0.15) is 0 Å². The van der Waals surface area contributed by atoms with Gasteiger partial charge in [0.2, 0.25) is 0 Å². The van der Waals surface area contributed by atoms with Crippen LogP contribution in [0, 0.1) is 0 Å². The van der Waals surface area contributed by atoms with E-state index in [-0.39, 0.29) is 0 Å². The molecule has 5 aromatic carbocycles. The van der Waals surface area contributed by atoms with Crippen molar-refractivity contribution in [1.82, 2.24) is 0 Å². The molecule has 0 unspecified atom stereocenters. The van der Waals surface area contributed by atoms with E-state index in [4.69, 9.17) is 0 Å². The Labute approximate surface area is 175 Å². The lowest BCUT2D eigenvalue weighted by Gasteiger charge is -2.14. The zero-order valence-electron chi connectivity index (χ0n) is 14.9. The molecule has 0 saturated heterocycles. The summed E-state index contributed by atoms with van der Waals surface area (Å²) >= 11 is 5.81. The van der Waals surface area contributed by atoms with E-state index < -0.39 is 0 Å². The maximum atomic E-state index is 3.94. The summed E-state index contributed by atoms with van der Waals surface area (Å²) < 4.78 is 3.85. The minimum Gasteiger partial charge on any atom is -0.135 e. The molecule has 28 heavy (non-hydrogen) atoms. The van der Waals surface area contributed by atoms with E-state index in [0.717, 1.165) is 0 Å². The Bertz CT molecular complexity index is 1520. The highest BCUT2D eigenvalue weighted by Gasteiger charge is 2.15. The summed E-state index contributed by atoms with van der Waals surface area (Å²) in [4.78, 5) is 0. The topological polar surface area (TPSA) is 0 Å². The fraction of sp³-hybridized carbons (Fsp3) is 0. The van der Waals surface area contributed by atoms with Gasteiger partial charge in [0.25, 0.3) is 0 Å². The van der Waals surface area contributed by atoms with Crippen LogP contribution < -0.4 is 0 Å². The molecule has 0 fully saturated rings. The van der Waals surface area contributed by atoms with Gasteiger partial charge in [-0.1, -0.05) is 78.9 Å². The monoisotopic (exact) mass is 438 g/mol. The third kappa shape index (κ3) is 2.28. The van der Waals surface area contributed by atoms with Gasteiger partial charge in [-0.3, -0.25) is 0 Å². The number of hydrogen-bond acceptors (Lipinski definition) is 1. The molecule has 0 spiro atoms. The zero-order chi connectivity index (χ0) is 18.7. The lowest BCUT2D eigenvalue weighted by molar-refractivity contribution is 1.69. The highest BCUT2D eigenvalue weighted by atomic mass is 79.9. The molecule has 1 heterocycles. The molecule has 0 aliphatic heterocycles. The molecular weight excluding hydrogens is 424 g/mol. The molecule has 132 valence electrons. The van der Waals surface area contributed by atoms with Crippen molar-refractivity contribution in [3.05, 3.63) is 95.5 Å². The van der Waals surface area contributed by atoms with Crippen molar-refractivity contribution in [2.75, 3.05) is 0 Å². The van der Waals surface area contributed by atoms with E-state index >= 15 is 0 Å². The molecular formula is C26H15BrS. The van der Waals surface area contributed by atoms with E-state index in [0.29, 0.717) is 0 Å². The highest BCUT2D eigenvalue weighted by Crippen LogP contribution is 2.44. The molecule has 0 radical (unpaired) electrons. The Kier molecular flexibility index (Phi) is 3.59. The number of fused-ring (bicyclic) bond motifs is 6. The number of benzene rings is 5. The predicted molar refractivity (Wildman–Crippen MR) is 127 cm³/mol. The number of halogens is 1. The Hall–Kier alpha value is -2.68. The molecule has 1 aromatic heterocycles. The first kappa shape index (κ1) is 16.3. The van der Waals surface area contributed by atoms with Gasteiger partial charge >= 0.3 is 0 Å². The highest BCUT2D eigenvalue weighted by molar-refractivity contribution is 9.10. The maximum absolute atomic E-state index is 3.94. The van der Waals surface area contributed by atoms with Crippen LogP contribution in [-0.2, 0) is 0 Å². The van der Waals surface area contributed by atoms with E-state index in [1.54, 1.807) is 0 Å². The summed E-state index contributed by atoms with van der Waals surface area (Å²) in [5.41, 5.74) is 2.53. The van der Waals surface area contributed by atoms with Crippen molar-refractivity contribution in [3.63, 3.8) is 0 Å². The molecule has 0 N–H and O–H groups in total. The van der Waals surface area contributed by atoms with Crippen molar-refractivity contribution in [2.24, 2.45) is 0 Å². The Morgan fingerprint density at radius 1 is 0.500 bits per heavy atom. The van der Waals surface area contributed by atoms with Gasteiger partial charge in [0, 0.05) is 30.2 Å². The van der Waals surface area contributed by atoms with E-state index in [9.17, 15) is 0 Å². The first-order chi connectivity index (χ1) is 13.8. The standard InChI is InChI=1S/C26H15BrS/c27-26-22-11-4-2-8-18(22)17-7-1-3-10-21(17)25(26)16-13-14-20-19-9-5-6-12-23(19)28-24(20)15-16/h1-15H.